The van der Waals surface area contributed by atoms with E-state index in [1.165, 1.54) is 11.8 Å². The molecule has 0 saturated heterocycles. The van der Waals surface area contributed by atoms with Crippen molar-refractivity contribution < 1.29 is 4.79 Å². The highest BCUT2D eigenvalue weighted by molar-refractivity contribution is 7.99. The molecule has 0 unspecified atom stereocenters. The number of imidazole rings is 1. The lowest BCUT2D eigenvalue weighted by molar-refractivity contribution is -0.118. The Morgan fingerprint density at radius 2 is 2.04 bits per heavy atom. The van der Waals surface area contributed by atoms with Crippen LogP contribution in [0.2, 0.25) is 10.0 Å². The number of hydrogen-bond acceptors (Lipinski definition) is 4. The van der Waals surface area contributed by atoms with Gasteiger partial charge in [0.25, 0.3) is 5.91 Å². The van der Waals surface area contributed by atoms with Crippen LogP contribution in [0, 0.1) is 0 Å². The van der Waals surface area contributed by atoms with Crippen molar-refractivity contribution in [2.45, 2.75) is 25.5 Å². The number of hydrazone groups is 1. The number of fused-ring (bicyclic) bond motifs is 1. The molecule has 1 heterocycles. The monoisotopic (exact) mass is 420 g/mol. The molecule has 2 aromatic carbocycles. The number of aromatic nitrogens is 2. The second kappa shape index (κ2) is 8.78. The fraction of sp³-hybridized carbons (Fsp3) is 0.211. The van der Waals surface area contributed by atoms with E-state index >= 15 is 0 Å². The molecular formula is C19H18Cl2N4OS. The van der Waals surface area contributed by atoms with Crippen LogP contribution < -0.4 is 5.43 Å². The van der Waals surface area contributed by atoms with Crippen LogP contribution >= 0.6 is 35.0 Å². The number of para-hydroxylation sites is 2. The van der Waals surface area contributed by atoms with Crippen LogP contribution in [0.1, 0.15) is 19.4 Å². The highest BCUT2D eigenvalue weighted by Gasteiger charge is 2.12. The fourth-order valence-electron chi connectivity index (χ4n) is 2.62. The van der Waals surface area contributed by atoms with Crippen molar-refractivity contribution in [1.82, 2.24) is 15.0 Å². The zero-order valence-corrected chi connectivity index (χ0v) is 17.2. The van der Waals surface area contributed by atoms with E-state index in [-0.39, 0.29) is 11.7 Å². The molecule has 1 aromatic heterocycles. The maximum atomic E-state index is 12.2. The van der Waals surface area contributed by atoms with Crippen LogP contribution in [0.15, 0.2) is 52.7 Å². The number of nitrogens with one attached hydrogen (secondary N) is 1. The third-order valence-corrected chi connectivity index (χ3v) is 5.46. The summed E-state index contributed by atoms with van der Waals surface area (Å²) < 4.78 is 2.09. The van der Waals surface area contributed by atoms with E-state index in [0.29, 0.717) is 15.8 Å². The molecular weight excluding hydrogens is 403 g/mol. The number of nitrogens with zero attached hydrogens (tertiary/aromatic N) is 3. The molecule has 27 heavy (non-hydrogen) atoms. The van der Waals surface area contributed by atoms with Crippen molar-refractivity contribution in [3.63, 3.8) is 0 Å². The van der Waals surface area contributed by atoms with Gasteiger partial charge < -0.3 is 4.57 Å². The Balaban J connectivity index is 1.65. The molecule has 0 spiro atoms. The molecule has 0 atom stereocenters. The number of amides is 1. The summed E-state index contributed by atoms with van der Waals surface area (Å²) in [7, 11) is 0. The maximum absolute atomic E-state index is 12.2. The molecule has 1 amide bonds. The first-order chi connectivity index (χ1) is 13.0. The summed E-state index contributed by atoms with van der Waals surface area (Å²) in [6, 6.07) is 13.1. The summed E-state index contributed by atoms with van der Waals surface area (Å²) in [6.07, 6.45) is 0. The lowest BCUT2D eigenvalue weighted by atomic mass is 10.1. The Kier molecular flexibility index (Phi) is 6.42. The molecule has 3 aromatic rings. The van der Waals surface area contributed by atoms with Gasteiger partial charge in [0.05, 0.1) is 27.5 Å². The van der Waals surface area contributed by atoms with E-state index in [9.17, 15) is 4.79 Å². The first kappa shape index (κ1) is 19.7. The highest BCUT2D eigenvalue weighted by Crippen LogP contribution is 2.24. The van der Waals surface area contributed by atoms with Crippen LogP contribution in [0.25, 0.3) is 11.0 Å². The van der Waals surface area contributed by atoms with Gasteiger partial charge in [0, 0.05) is 17.1 Å². The number of carbonyl (C=O) groups excluding carboxylic acids is 1. The molecule has 5 nitrogen and oxygen atoms in total. The average molecular weight is 421 g/mol. The van der Waals surface area contributed by atoms with Gasteiger partial charge in [0.1, 0.15) is 0 Å². The van der Waals surface area contributed by atoms with Gasteiger partial charge in [-0.1, -0.05) is 53.2 Å². The molecule has 3 rings (SSSR count). The summed E-state index contributed by atoms with van der Waals surface area (Å²) in [6.45, 7) is 4.62. The van der Waals surface area contributed by atoms with E-state index < -0.39 is 0 Å². The maximum Gasteiger partial charge on any atom is 0.250 e. The Bertz CT molecular complexity index is 1020. The first-order valence-electron chi connectivity index (χ1n) is 8.36. The summed E-state index contributed by atoms with van der Waals surface area (Å²) in [4.78, 5) is 16.8. The zero-order valence-electron chi connectivity index (χ0n) is 14.9. The first-order valence-corrected chi connectivity index (χ1v) is 10.1. The van der Waals surface area contributed by atoms with Crippen molar-refractivity contribution in [1.29, 1.82) is 0 Å². The lowest BCUT2D eigenvalue weighted by Gasteiger charge is -2.06. The number of rotatable bonds is 6. The van der Waals surface area contributed by atoms with Gasteiger partial charge in [-0.05, 0) is 38.1 Å². The lowest BCUT2D eigenvalue weighted by Crippen LogP contribution is -2.21. The normalized spacial score (nSPS) is 11.8. The van der Waals surface area contributed by atoms with Gasteiger partial charge >= 0.3 is 0 Å². The minimum absolute atomic E-state index is 0.209. The quantitative estimate of drug-likeness (QED) is 0.346. The molecule has 0 bridgehead atoms. The molecule has 8 heteroatoms. The van der Waals surface area contributed by atoms with Crippen LogP contribution in [0.5, 0.6) is 0 Å². The predicted octanol–water partition coefficient (Wildman–Crippen LogP) is 5.00. The van der Waals surface area contributed by atoms with Crippen LogP contribution in [0.4, 0.5) is 0 Å². The minimum atomic E-state index is -0.209. The second-order valence-electron chi connectivity index (χ2n) is 5.77. The van der Waals surface area contributed by atoms with Crippen LogP contribution in [-0.2, 0) is 11.3 Å². The summed E-state index contributed by atoms with van der Waals surface area (Å²) in [5.41, 5.74) is 5.88. The van der Waals surface area contributed by atoms with Crippen molar-refractivity contribution in [3.05, 3.63) is 58.1 Å². The van der Waals surface area contributed by atoms with Gasteiger partial charge in [-0.25, -0.2) is 10.4 Å². The summed E-state index contributed by atoms with van der Waals surface area (Å²) in [5, 5.41) is 5.99. The second-order valence-corrected chi connectivity index (χ2v) is 7.56. The number of thioether (sulfide) groups is 1. The van der Waals surface area contributed by atoms with Gasteiger partial charge in [0.2, 0.25) is 0 Å². The SMILES string of the molecule is CCn1c(SCC(=O)N/N=C(/C)c2ccc(Cl)cc2Cl)nc2ccccc21. The van der Waals surface area contributed by atoms with E-state index in [2.05, 4.69) is 27.0 Å². The standard InChI is InChI=1S/C19H18Cl2N4OS/c1-3-25-17-7-5-4-6-16(17)22-19(25)27-11-18(26)24-23-12(2)14-9-8-13(20)10-15(14)21/h4-10H,3,11H2,1-2H3,(H,24,26)/b23-12-. The molecule has 0 radical (unpaired) electrons. The molecule has 0 aliphatic rings. The molecule has 0 saturated carbocycles. The Morgan fingerprint density at radius 3 is 2.78 bits per heavy atom. The van der Waals surface area contributed by atoms with Crippen LogP contribution in [-0.4, -0.2) is 26.9 Å². The third-order valence-electron chi connectivity index (χ3n) is 3.94. The smallest absolute Gasteiger partial charge is 0.250 e. The number of carbonyl (C=O) groups is 1. The Morgan fingerprint density at radius 1 is 1.26 bits per heavy atom. The van der Waals surface area contributed by atoms with E-state index in [1.54, 1.807) is 25.1 Å². The number of hydrogen-bond donors (Lipinski definition) is 1. The largest absolute Gasteiger partial charge is 0.319 e. The summed E-state index contributed by atoms with van der Waals surface area (Å²) >= 11 is 13.4. The molecule has 1 N–H and O–H groups in total. The molecule has 0 aliphatic heterocycles. The predicted molar refractivity (Wildman–Crippen MR) is 113 cm³/mol. The van der Waals surface area contributed by atoms with Crippen molar-refractivity contribution in [2.24, 2.45) is 5.10 Å². The van der Waals surface area contributed by atoms with Crippen molar-refractivity contribution in [2.75, 3.05) is 5.75 Å². The average Bonchev–Trinajstić information content (AvgIpc) is 3.02. The number of aryl methyl sites for hydroxylation is 1. The van der Waals surface area contributed by atoms with E-state index in [1.807, 2.05) is 24.3 Å². The van der Waals surface area contributed by atoms with Crippen molar-refractivity contribution in [3.8, 4) is 0 Å². The molecule has 140 valence electrons. The zero-order chi connectivity index (χ0) is 19.4. The highest BCUT2D eigenvalue weighted by atomic mass is 35.5. The molecule has 0 aliphatic carbocycles. The van der Waals surface area contributed by atoms with E-state index in [4.69, 9.17) is 23.2 Å². The Labute approximate surface area is 171 Å². The van der Waals surface area contributed by atoms with Gasteiger partial charge in [0.15, 0.2) is 5.16 Å². The fourth-order valence-corrected chi connectivity index (χ4v) is 4.04. The van der Waals surface area contributed by atoms with E-state index in [0.717, 1.165) is 28.3 Å². The van der Waals surface area contributed by atoms with Gasteiger partial charge in [-0.2, -0.15) is 5.10 Å². The van der Waals surface area contributed by atoms with Gasteiger partial charge in [-0.3, -0.25) is 4.79 Å². The Hall–Kier alpha value is -2.02. The van der Waals surface area contributed by atoms with Crippen molar-refractivity contribution >= 4 is 57.6 Å². The number of halogens is 2. The third kappa shape index (κ3) is 4.64. The topological polar surface area (TPSA) is 59.3 Å². The van der Waals surface area contributed by atoms with Crippen LogP contribution in [0.3, 0.4) is 0 Å². The number of benzene rings is 2. The minimum Gasteiger partial charge on any atom is -0.319 e. The molecule has 0 fully saturated rings. The van der Waals surface area contributed by atoms with Gasteiger partial charge in [-0.15, -0.1) is 0 Å². The summed E-state index contributed by atoms with van der Waals surface area (Å²) in [5.74, 6) is 0.00759.